The molecule has 7 heteroatoms. The van der Waals surface area contributed by atoms with E-state index < -0.39 is 0 Å². The first-order chi connectivity index (χ1) is 18.9. The zero-order valence-corrected chi connectivity index (χ0v) is 22.9. The van der Waals surface area contributed by atoms with Crippen molar-refractivity contribution in [1.29, 1.82) is 0 Å². The summed E-state index contributed by atoms with van der Waals surface area (Å²) in [5.41, 5.74) is 6.85. The van der Waals surface area contributed by atoms with Crippen LogP contribution >= 0.6 is 11.6 Å². The highest BCUT2D eigenvalue weighted by molar-refractivity contribution is 6.30. The molecule has 6 rings (SSSR count). The molecule has 3 aromatic carbocycles. The van der Waals surface area contributed by atoms with E-state index in [9.17, 15) is 4.79 Å². The van der Waals surface area contributed by atoms with E-state index in [1.54, 1.807) is 12.1 Å². The molecule has 0 aliphatic carbocycles. The van der Waals surface area contributed by atoms with Gasteiger partial charge < -0.3 is 14.8 Å². The molecule has 0 saturated carbocycles. The van der Waals surface area contributed by atoms with Crippen molar-refractivity contribution in [3.63, 3.8) is 0 Å². The van der Waals surface area contributed by atoms with Crippen LogP contribution in [0, 0.1) is 6.92 Å². The smallest absolute Gasteiger partial charge is 0.308 e. The van der Waals surface area contributed by atoms with Crippen LogP contribution in [-0.4, -0.2) is 25.3 Å². The van der Waals surface area contributed by atoms with Crippen LogP contribution in [0.1, 0.15) is 53.9 Å². The fourth-order valence-corrected chi connectivity index (χ4v) is 5.42. The van der Waals surface area contributed by atoms with Gasteiger partial charge in [-0.15, -0.1) is 0 Å². The molecule has 2 aromatic heterocycles. The molecule has 0 saturated heterocycles. The number of benzene rings is 3. The van der Waals surface area contributed by atoms with E-state index >= 15 is 0 Å². The molecule has 3 heterocycles. The first-order valence-corrected chi connectivity index (χ1v) is 13.5. The molecule has 5 aromatic rings. The number of nitrogens with one attached hydrogen (secondary N) is 1. The molecule has 1 N–H and O–H groups in total. The van der Waals surface area contributed by atoms with Crippen LogP contribution in [0.15, 0.2) is 97.2 Å². The molecule has 1 aliphatic rings. The van der Waals surface area contributed by atoms with Crippen LogP contribution in [0.25, 0.3) is 11.5 Å². The molecule has 0 spiro atoms. The summed E-state index contributed by atoms with van der Waals surface area (Å²) >= 11 is 6.09. The number of halogens is 1. The Morgan fingerprint density at radius 2 is 1.67 bits per heavy atom. The van der Waals surface area contributed by atoms with Crippen molar-refractivity contribution >= 4 is 23.3 Å². The summed E-state index contributed by atoms with van der Waals surface area (Å²) in [6.07, 6.45) is 2.06. The molecular formula is C32H30ClN5O. The standard InChI is InChI=1S/C32H30ClN5O/c1-21(2)23-11-13-24(14-12-23)30-29-10-7-19-36(29)31-28(22(3)35-38(31)27-8-5-4-6-9-27)20-37(30)32(39)34-26-17-15-25(33)16-18-26/h4-19,21,30H,20H2,1-3H3,(H,34,39)/t30-/m1/s1. The number of para-hydroxylation sites is 1. The van der Waals surface area contributed by atoms with Crippen LogP contribution < -0.4 is 5.32 Å². The zero-order chi connectivity index (χ0) is 27.1. The summed E-state index contributed by atoms with van der Waals surface area (Å²) in [4.78, 5) is 15.9. The van der Waals surface area contributed by atoms with Gasteiger partial charge in [-0.1, -0.05) is 67.9 Å². The van der Waals surface area contributed by atoms with E-state index in [1.165, 1.54) is 5.56 Å². The van der Waals surface area contributed by atoms with Gasteiger partial charge in [0, 0.05) is 22.5 Å². The Balaban J connectivity index is 1.52. The summed E-state index contributed by atoms with van der Waals surface area (Å²) in [7, 11) is 0. The fraction of sp³-hybridized carbons (Fsp3) is 0.188. The van der Waals surface area contributed by atoms with Crippen molar-refractivity contribution in [3.05, 3.63) is 130 Å². The average molecular weight is 536 g/mol. The first-order valence-electron chi connectivity index (χ1n) is 13.2. The molecule has 1 aliphatic heterocycles. The van der Waals surface area contributed by atoms with Gasteiger partial charge in [-0.3, -0.25) is 0 Å². The lowest BCUT2D eigenvalue weighted by Crippen LogP contribution is -2.38. The lowest BCUT2D eigenvalue weighted by molar-refractivity contribution is 0.194. The van der Waals surface area contributed by atoms with Gasteiger partial charge in [0.2, 0.25) is 0 Å². The van der Waals surface area contributed by atoms with Crippen molar-refractivity contribution in [3.8, 4) is 11.5 Å². The van der Waals surface area contributed by atoms with E-state index in [-0.39, 0.29) is 12.1 Å². The third kappa shape index (κ3) is 4.61. The highest BCUT2D eigenvalue weighted by Crippen LogP contribution is 2.39. The van der Waals surface area contributed by atoms with Crippen LogP contribution in [0.2, 0.25) is 5.02 Å². The Labute approximate surface area is 233 Å². The quantitative estimate of drug-likeness (QED) is 0.254. The number of hydrogen-bond donors (Lipinski definition) is 1. The van der Waals surface area contributed by atoms with Crippen molar-refractivity contribution in [2.24, 2.45) is 0 Å². The van der Waals surface area contributed by atoms with Gasteiger partial charge in [-0.05, 0) is 72.5 Å². The van der Waals surface area contributed by atoms with Gasteiger partial charge in [-0.25, -0.2) is 9.48 Å². The highest BCUT2D eigenvalue weighted by Gasteiger charge is 2.36. The second-order valence-corrected chi connectivity index (χ2v) is 10.7. The predicted molar refractivity (Wildman–Crippen MR) is 156 cm³/mol. The van der Waals surface area contributed by atoms with Crippen molar-refractivity contribution in [2.75, 3.05) is 5.32 Å². The minimum absolute atomic E-state index is 0.192. The monoisotopic (exact) mass is 535 g/mol. The zero-order valence-electron chi connectivity index (χ0n) is 22.2. The molecule has 6 nitrogen and oxygen atoms in total. The van der Waals surface area contributed by atoms with Crippen molar-refractivity contribution < 1.29 is 4.79 Å². The number of hydrogen-bond acceptors (Lipinski definition) is 2. The van der Waals surface area contributed by atoms with Crippen molar-refractivity contribution in [2.45, 2.75) is 39.3 Å². The van der Waals surface area contributed by atoms with Crippen LogP contribution in [-0.2, 0) is 6.54 Å². The molecule has 0 bridgehead atoms. The first kappa shape index (κ1) is 25.0. The van der Waals surface area contributed by atoms with E-state index in [4.69, 9.17) is 16.7 Å². The normalized spacial score (nSPS) is 14.6. The molecule has 1 atom stereocenters. The minimum atomic E-state index is -0.315. The molecule has 0 fully saturated rings. The second kappa shape index (κ2) is 10.1. The predicted octanol–water partition coefficient (Wildman–Crippen LogP) is 7.89. The Morgan fingerprint density at radius 3 is 2.36 bits per heavy atom. The summed E-state index contributed by atoms with van der Waals surface area (Å²) in [5, 5.41) is 8.64. The maximum Gasteiger partial charge on any atom is 0.322 e. The Hall–Kier alpha value is -4.29. The fourth-order valence-electron chi connectivity index (χ4n) is 5.29. The molecule has 2 amide bonds. The van der Waals surface area contributed by atoms with Crippen LogP contribution in [0.4, 0.5) is 10.5 Å². The lowest BCUT2D eigenvalue weighted by atomic mass is 9.97. The van der Waals surface area contributed by atoms with Gasteiger partial charge in [0.1, 0.15) is 5.82 Å². The van der Waals surface area contributed by atoms with Gasteiger partial charge in [0.25, 0.3) is 0 Å². The molecule has 0 unspecified atom stereocenters. The topological polar surface area (TPSA) is 55.1 Å². The van der Waals surface area contributed by atoms with Crippen LogP contribution in [0.3, 0.4) is 0 Å². The number of fused-ring (bicyclic) bond motifs is 3. The SMILES string of the molecule is Cc1nn(-c2ccccc2)c2c1CN(C(=O)Nc1ccc(Cl)cc1)[C@H](c1ccc(C(C)C)cc1)c1cccn1-2. The highest BCUT2D eigenvalue weighted by atomic mass is 35.5. The molecule has 39 heavy (non-hydrogen) atoms. The summed E-state index contributed by atoms with van der Waals surface area (Å²) in [6.45, 7) is 6.78. The number of carbonyl (C=O) groups excluding carboxylic acids is 1. The number of carbonyl (C=O) groups is 1. The largest absolute Gasteiger partial charge is 0.322 e. The Morgan fingerprint density at radius 1 is 0.949 bits per heavy atom. The van der Waals surface area contributed by atoms with E-state index in [0.717, 1.165) is 34.0 Å². The third-order valence-electron chi connectivity index (χ3n) is 7.36. The molecule has 196 valence electrons. The number of rotatable bonds is 4. The number of aryl methyl sites for hydroxylation is 1. The summed E-state index contributed by atoms with van der Waals surface area (Å²) in [5.74, 6) is 1.37. The summed E-state index contributed by atoms with van der Waals surface area (Å²) < 4.78 is 4.16. The van der Waals surface area contributed by atoms with E-state index in [2.05, 4.69) is 60.3 Å². The van der Waals surface area contributed by atoms with Gasteiger partial charge in [-0.2, -0.15) is 5.10 Å². The Bertz CT molecular complexity index is 1620. The number of urea groups is 1. The number of amides is 2. The molecular weight excluding hydrogens is 506 g/mol. The van der Waals surface area contributed by atoms with E-state index in [0.29, 0.717) is 23.2 Å². The maximum atomic E-state index is 14.0. The average Bonchev–Trinajstić information content (AvgIpc) is 3.51. The number of anilines is 1. The lowest BCUT2D eigenvalue weighted by Gasteiger charge is -2.31. The number of aromatic nitrogens is 3. The van der Waals surface area contributed by atoms with Gasteiger partial charge in [0.15, 0.2) is 0 Å². The number of nitrogens with zero attached hydrogens (tertiary/aromatic N) is 4. The maximum absolute atomic E-state index is 14.0. The Kier molecular flexibility index (Phi) is 6.49. The molecule has 0 radical (unpaired) electrons. The third-order valence-corrected chi connectivity index (χ3v) is 7.61. The van der Waals surface area contributed by atoms with Gasteiger partial charge >= 0.3 is 6.03 Å². The summed E-state index contributed by atoms with van der Waals surface area (Å²) in [6, 6.07) is 29.5. The van der Waals surface area contributed by atoms with Gasteiger partial charge in [0.05, 0.1) is 29.7 Å². The second-order valence-electron chi connectivity index (χ2n) is 10.2. The van der Waals surface area contributed by atoms with Crippen molar-refractivity contribution in [1.82, 2.24) is 19.2 Å². The minimum Gasteiger partial charge on any atom is -0.308 e. The van der Waals surface area contributed by atoms with Crippen LogP contribution in [0.5, 0.6) is 0 Å². The van der Waals surface area contributed by atoms with E-state index in [1.807, 2.05) is 65.0 Å².